The van der Waals surface area contributed by atoms with E-state index < -0.39 is 5.60 Å². The van der Waals surface area contributed by atoms with Gasteiger partial charge in [-0.2, -0.15) is 0 Å². The van der Waals surface area contributed by atoms with Crippen molar-refractivity contribution in [3.8, 4) is 0 Å². The Morgan fingerprint density at radius 1 is 1.34 bits per heavy atom. The summed E-state index contributed by atoms with van der Waals surface area (Å²) in [5, 5.41) is 12.9. The molecule has 3 fully saturated rings. The zero-order chi connectivity index (χ0) is 20.0. The molecule has 2 aromatic rings. The summed E-state index contributed by atoms with van der Waals surface area (Å²) >= 11 is 1.55. The number of aliphatic hydroxyl groups is 1. The van der Waals surface area contributed by atoms with Gasteiger partial charge in [-0.25, -0.2) is 15.0 Å². The van der Waals surface area contributed by atoms with E-state index in [2.05, 4.69) is 26.8 Å². The molecule has 2 aromatic heterocycles. The van der Waals surface area contributed by atoms with Crippen LogP contribution in [-0.2, 0) is 11.2 Å². The van der Waals surface area contributed by atoms with Crippen LogP contribution in [0.25, 0.3) is 0 Å². The average molecular weight is 416 g/mol. The molecule has 29 heavy (non-hydrogen) atoms. The number of amides is 1. The molecule has 1 amide bonds. The molecule has 5 heterocycles. The monoisotopic (exact) mass is 415 g/mol. The van der Waals surface area contributed by atoms with Crippen LogP contribution in [0.1, 0.15) is 28.8 Å². The zero-order valence-corrected chi connectivity index (χ0v) is 17.2. The van der Waals surface area contributed by atoms with Crippen LogP contribution in [0.3, 0.4) is 0 Å². The molecule has 0 unspecified atom stereocenters. The Morgan fingerprint density at radius 2 is 2.17 bits per heavy atom. The quantitative estimate of drug-likeness (QED) is 0.785. The van der Waals surface area contributed by atoms with Gasteiger partial charge in [0.15, 0.2) is 0 Å². The molecule has 3 aliphatic rings. The van der Waals surface area contributed by atoms with E-state index in [1.54, 1.807) is 29.8 Å². The lowest BCUT2D eigenvalue weighted by molar-refractivity contribution is -0.0629. The van der Waals surface area contributed by atoms with Crippen molar-refractivity contribution in [2.45, 2.75) is 31.5 Å². The normalized spacial score (nSPS) is 30.6. The minimum Gasteiger partial charge on any atom is -0.396 e. The van der Waals surface area contributed by atoms with Crippen molar-refractivity contribution in [3.05, 3.63) is 34.5 Å². The lowest BCUT2D eigenvalue weighted by Gasteiger charge is -2.40. The van der Waals surface area contributed by atoms with Gasteiger partial charge in [-0.3, -0.25) is 4.79 Å². The van der Waals surface area contributed by atoms with E-state index in [-0.39, 0.29) is 30.5 Å². The largest absolute Gasteiger partial charge is 0.396 e. The second kappa shape index (κ2) is 7.30. The number of morpholine rings is 1. The molecular weight excluding hydrogens is 390 g/mol. The average Bonchev–Trinajstić information content (AvgIpc) is 3.39. The highest BCUT2D eigenvalue weighted by Gasteiger charge is 2.63. The Kier molecular flexibility index (Phi) is 4.76. The molecule has 8 nitrogen and oxygen atoms in total. The number of aryl methyl sites for hydroxylation is 1. The van der Waals surface area contributed by atoms with E-state index >= 15 is 0 Å². The van der Waals surface area contributed by atoms with Crippen LogP contribution in [0.15, 0.2) is 23.8 Å². The van der Waals surface area contributed by atoms with Crippen molar-refractivity contribution in [1.82, 2.24) is 19.9 Å². The molecule has 0 aliphatic carbocycles. The summed E-state index contributed by atoms with van der Waals surface area (Å²) in [6.07, 6.45) is 5.31. The number of ether oxygens (including phenoxy) is 1. The standard InChI is InChI=1S/C20H25N5O3S/c1-2-4-17-23-15(10-29-17)18(27)24-7-14-13(9-26)16-8-25(12-20(14,11-24)28-16)19-21-5-3-6-22-19/h3,5-6,10,13-14,16,26H,2,4,7-9,11-12H2,1H3/t13-,14+,16+,20-/m0/s1. The van der Waals surface area contributed by atoms with E-state index in [9.17, 15) is 9.90 Å². The minimum atomic E-state index is -0.493. The number of hydrogen-bond acceptors (Lipinski definition) is 8. The van der Waals surface area contributed by atoms with Crippen molar-refractivity contribution >= 4 is 23.2 Å². The number of hydrogen-bond donors (Lipinski definition) is 1. The first-order chi connectivity index (χ1) is 14.1. The van der Waals surface area contributed by atoms with Gasteiger partial charge < -0.3 is 19.6 Å². The topological polar surface area (TPSA) is 91.7 Å². The van der Waals surface area contributed by atoms with Crippen LogP contribution in [-0.4, -0.2) is 75.4 Å². The van der Waals surface area contributed by atoms with E-state index in [0.29, 0.717) is 37.8 Å². The summed E-state index contributed by atoms with van der Waals surface area (Å²) in [5.74, 6) is 0.736. The third-order valence-corrected chi connectivity index (χ3v) is 7.27. The molecule has 1 N–H and O–H groups in total. The van der Waals surface area contributed by atoms with Gasteiger partial charge in [0.05, 0.1) is 24.2 Å². The SMILES string of the molecule is CCCc1nc(C(=O)N2C[C@@H]3[C@H](CO)[C@H]4CN(c5ncccn5)C[C@]3(C2)O4)cs1. The van der Waals surface area contributed by atoms with Gasteiger partial charge in [-0.1, -0.05) is 6.92 Å². The first-order valence-corrected chi connectivity index (χ1v) is 11.1. The lowest BCUT2D eigenvalue weighted by Crippen LogP contribution is -2.55. The molecule has 0 saturated carbocycles. The van der Waals surface area contributed by atoms with E-state index in [1.807, 2.05) is 10.3 Å². The van der Waals surface area contributed by atoms with Gasteiger partial charge in [-0.15, -0.1) is 11.3 Å². The maximum absolute atomic E-state index is 13.1. The number of thiazole rings is 1. The Hall–Kier alpha value is -2.10. The summed E-state index contributed by atoms with van der Waals surface area (Å²) in [7, 11) is 0. The maximum atomic E-state index is 13.1. The third-order valence-electron chi connectivity index (χ3n) is 6.36. The van der Waals surface area contributed by atoms with Crippen molar-refractivity contribution in [1.29, 1.82) is 0 Å². The second-order valence-corrected chi connectivity index (χ2v) is 9.11. The van der Waals surface area contributed by atoms with Crippen molar-refractivity contribution in [2.24, 2.45) is 11.8 Å². The Balaban J connectivity index is 1.39. The zero-order valence-electron chi connectivity index (χ0n) is 16.4. The van der Waals surface area contributed by atoms with Crippen LogP contribution in [0.4, 0.5) is 5.95 Å². The number of nitrogens with zero attached hydrogens (tertiary/aromatic N) is 5. The van der Waals surface area contributed by atoms with Gasteiger partial charge in [0.2, 0.25) is 5.95 Å². The molecule has 5 rings (SSSR count). The molecule has 0 radical (unpaired) electrons. The van der Waals surface area contributed by atoms with Crippen LogP contribution in [0, 0.1) is 11.8 Å². The Bertz CT molecular complexity index is 893. The fourth-order valence-electron chi connectivity index (χ4n) is 5.10. The molecular formula is C20H25N5O3S. The molecule has 3 saturated heterocycles. The number of carbonyl (C=O) groups is 1. The molecule has 154 valence electrons. The summed E-state index contributed by atoms with van der Waals surface area (Å²) < 4.78 is 6.46. The minimum absolute atomic E-state index is 0.00704. The highest BCUT2D eigenvalue weighted by molar-refractivity contribution is 7.09. The van der Waals surface area contributed by atoms with Crippen molar-refractivity contribution in [3.63, 3.8) is 0 Å². The predicted molar refractivity (Wildman–Crippen MR) is 108 cm³/mol. The van der Waals surface area contributed by atoms with Gasteiger partial charge in [-0.05, 0) is 18.9 Å². The smallest absolute Gasteiger partial charge is 0.273 e. The van der Waals surface area contributed by atoms with Crippen LogP contribution in [0.2, 0.25) is 0 Å². The van der Waals surface area contributed by atoms with E-state index in [0.717, 1.165) is 17.8 Å². The van der Waals surface area contributed by atoms with Crippen LogP contribution >= 0.6 is 11.3 Å². The number of aliphatic hydroxyl groups excluding tert-OH is 1. The number of fused-ring (bicyclic) bond motifs is 1. The van der Waals surface area contributed by atoms with Gasteiger partial charge in [0, 0.05) is 49.3 Å². The maximum Gasteiger partial charge on any atom is 0.273 e. The number of carbonyl (C=O) groups excluding carboxylic acids is 1. The number of anilines is 1. The van der Waals surface area contributed by atoms with Crippen molar-refractivity contribution in [2.75, 3.05) is 37.7 Å². The summed E-state index contributed by atoms with van der Waals surface area (Å²) in [5.41, 5.74) is 0.0268. The molecule has 0 aromatic carbocycles. The number of rotatable bonds is 5. The van der Waals surface area contributed by atoms with Crippen LogP contribution < -0.4 is 4.90 Å². The fourth-order valence-corrected chi connectivity index (χ4v) is 5.97. The molecule has 3 aliphatic heterocycles. The lowest BCUT2D eigenvalue weighted by atomic mass is 9.83. The predicted octanol–water partition coefficient (Wildman–Crippen LogP) is 1.22. The number of aromatic nitrogens is 3. The summed E-state index contributed by atoms with van der Waals surface area (Å²) in [6, 6.07) is 1.80. The molecule has 2 bridgehead atoms. The van der Waals surface area contributed by atoms with E-state index in [1.165, 1.54) is 0 Å². The van der Waals surface area contributed by atoms with Gasteiger partial charge in [0.25, 0.3) is 5.91 Å². The summed E-state index contributed by atoms with van der Waals surface area (Å²) in [6.45, 7) is 4.54. The molecule has 9 heteroatoms. The second-order valence-electron chi connectivity index (χ2n) is 8.17. The first kappa shape index (κ1) is 18.9. The Labute approximate surface area is 173 Å². The first-order valence-electron chi connectivity index (χ1n) is 10.2. The van der Waals surface area contributed by atoms with Crippen molar-refractivity contribution < 1.29 is 14.6 Å². The Morgan fingerprint density at radius 3 is 2.93 bits per heavy atom. The highest BCUT2D eigenvalue weighted by Crippen LogP contribution is 2.49. The highest BCUT2D eigenvalue weighted by atomic mass is 32.1. The molecule has 1 spiro atoms. The van der Waals surface area contributed by atoms with Crippen LogP contribution in [0.5, 0.6) is 0 Å². The van der Waals surface area contributed by atoms with Gasteiger partial charge >= 0.3 is 0 Å². The fraction of sp³-hybridized carbons (Fsp3) is 0.600. The van der Waals surface area contributed by atoms with Gasteiger partial charge in [0.1, 0.15) is 11.3 Å². The number of likely N-dealkylation sites (tertiary alicyclic amines) is 1. The molecule has 4 atom stereocenters. The van der Waals surface area contributed by atoms with E-state index in [4.69, 9.17) is 4.74 Å². The third kappa shape index (κ3) is 3.12. The summed E-state index contributed by atoms with van der Waals surface area (Å²) in [4.78, 5) is 30.4.